The average Bonchev–Trinajstić information content (AvgIpc) is 3.29. The molecule has 0 heterocycles. The second-order valence-corrected chi connectivity index (χ2v) is 14.1. The van der Waals surface area contributed by atoms with E-state index >= 15 is 0 Å². The van der Waals surface area contributed by atoms with Gasteiger partial charge in [0.05, 0.1) is 0 Å². The van der Waals surface area contributed by atoms with E-state index in [4.69, 9.17) is 4.74 Å². The Morgan fingerprint density at radius 3 is 2.56 bits per heavy atom. The van der Waals surface area contributed by atoms with E-state index in [1.807, 2.05) is 18.2 Å². The highest BCUT2D eigenvalue weighted by Crippen LogP contribution is 2.68. The largest absolute Gasteiger partial charge is 0.465 e. The topological polar surface area (TPSA) is 55.4 Å². The lowest BCUT2D eigenvalue weighted by molar-refractivity contribution is -0.151. The number of anilines is 1. The molecule has 4 heteroatoms. The van der Waals surface area contributed by atoms with Gasteiger partial charge in [-0.15, -0.1) is 0 Å². The number of carbonyl (C=O) groups is 2. The molecule has 9 atom stereocenters. The number of rotatable bonds is 7. The number of benzene rings is 2. The van der Waals surface area contributed by atoms with Crippen molar-refractivity contribution >= 4 is 28.8 Å². The summed E-state index contributed by atoms with van der Waals surface area (Å²) in [6.45, 7) is 8.27. The maximum atomic E-state index is 12.9. The van der Waals surface area contributed by atoms with Gasteiger partial charge < -0.3 is 10.1 Å². The minimum atomic E-state index is 0.140. The number of fused-ring (bicyclic) bond motifs is 6. The van der Waals surface area contributed by atoms with Crippen LogP contribution in [0.1, 0.15) is 91.4 Å². The fourth-order valence-corrected chi connectivity index (χ4v) is 10.4. The molecule has 0 bridgehead atoms. The minimum absolute atomic E-state index is 0.140. The number of ether oxygens (including phenoxy) is 1. The first kappa shape index (κ1) is 26.8. The summed E-state index contributed by atoms with van der Waals surface area (Å²) in [5, 5.41) is 5.52. The Hall–Kier alpha value is -2.36. The maximum Gasteiger partial charge on any atom is 0.293 e. The van der Waals surface area contributed by atoms with E-state index in [1.54, 1.807) is 0 Å². The van der Waals surface area contributed by atoms with Gasteiger partial charge in [-0.3, -0.25) is 9.59 Å². The molecule has 2 aromatic rings. The van der Waals surface area contributed by atoms with Crippen LogP contribution >= 0.6 is 0 Å². The Morgan fingerprint density at radius 2 is 1.74 bits per heavy atom. The molecule has 0 aliphatic heterocycles. The number of nitrogens with one attached hydrogen (secondary N) is 1. The van der Waals surface area contributed by atoms with Gasteiger partial charge in [0.1, 0.15) is 6.10 Å². The lowest BCUT2D eigenvalue weighted by atomic mass is 9.44. The predicted molar refractivity (Wildman–Crippen MR) is 157 cm³/mol. The zero-order valence-electron chi connectivity index (χ0n) is 24.2. The lowest BCUT2D eigenvalue weighted by Crippen LogP contribution is -2.54. The van der Waals surface area contributed by atoms with Gasteiger partial charge in [-0.25, -0.2) is 0 Å². The molecule has 0 spiro atoms. The molecule has 210 valence electrons. The van der Waals surface area contributed by atoms with E-state index in [-0.39, 0.29) is 12.0 Å². The number of carbonyl (C=O) groups excluding carboxylic acids is 2. The highest BCUT2D eigenvalue weighted by molar-refractivity contribution is 5.94. The van der Waals surface area contributed by atoms with E-state index in [0.717, 1.165) is 54.0 Å². The standard InChI is InChI=1S/C35H47NO3/c1-23(8-15-33(38)36-27-11-9-24-6-4-5-7-25(24)20-27)30-13-14-31-29-12-10-26-21-28(39-22-37)16-18-34(26,2)32(29)17-19-35(30,31)3/h4-7,9,11,20,22-23,26,28-32H,8,10,12-19,21H2,1-3H3,(H,36,38)/t23-,26-,28-,29+,30-,31+,32+,34+,35-/m1/s1. The molecule has 0 aromatic heterocycles. The first-order valence-corrected chi connectivity index (χ1v) is 15.7. The van der Waals surface area contributed by atoms with Crippen molar-refractivity contribution in [2.75, 3.05) is 5.32 Å². The minimum Gasteiger partial charge on any atom is -0.465 e. The summed E-state index contributed by atoms with van der Waals surface area (Å²) in [4.78, 5) is 23.9. The monoisotopic (exact) mass is 529 g/mol. The quantitative estimate of drug-likeness (QED) is 0.366. The Bertz CT molecular complexity index is 1210. The Balaban J connectivity index is 1.07. The molecule has 4 aliphatic rings. The van der Waals surface area contributed by atoms with Gasteiger partial charge >= 0.3 is 0 Å². The van der Waals surface area contributed by atoms with E-state index < -0.39 is 0 Å². The SMILES string of the molecule is C[C@H](CCC(=O)Nc1ccc2ccccc2c1)[C@H]1CC[C@H]2[C@@H]3CC[C@@H]4C[C@H](OC=O)CC[C@]4(C)[C@H]3CC[C@]12C. The summed E-state index contributed by atoms with van der Waals surface area (Å²) < 4.78 is 5.42. The Kier molecular flexibility index (Phi) is 7.27. The van der Waals surface area contributed by atoms with Crippen molar-refractivity contribution in [2.24, 2.45) is 46.3 Å². The summed E-state index contributed by atoms with van der Waals surface area (Å²) in [7, 11) is 0. The number of hydrogen-bond donors (Lipinski definition) is 1. The van der Waals surface area contributed by atoms with Crippen LogP contribution in [-0.4, -0.2) is 18.5 Å². The molecule has 39 heavy (non-hydrogen) atoms. The second-order valence-electron chi connectivity index (χ2n) is 14.1. The van der Waals surface area contributed by atoms with Crippen LogP contribution in [0.4, 0.5) is 5.69 Å². The summed E-state index contributed by atoms with van der Waals surface area (Å²) in [5.74, 6) is 4.65. The van der Waals surface area contributed by atoms with Crippen LogP contribution in [0.5, 0.6) is 0 Å². The number of hydrogen-bond acceptors (Lipinski definition) is 3. The molecular formula is C35H47NO3. The smallest absolute Gasteiger partial charge is 0.293 e. The summed E-state index contributed by atoms with van der Waals surface area (Å²) in [5.41, 5.74) is 1.72. The molecule has 0 radical (unpaired) electrons. The van der Waals surface area contributed by atoms with Crippen LogP contribution in [-0.2, 0) is 14.3 Å². The van der Waals surface area contributed by atoms with Gasteiger partial charge in [-0.1, -0.05) is 51.1 Å². The molecule has 4 fully saturated rings. The van der Waals surface area contributed by atoms with Crippen molar-refractivity contribution in [1.29, 1.82) is 0 Å². The molecule has 4 saturated carbocycles. The van der Waals surface area contributed by atoms with Gasteiger partial charge in [0, 0.05) is 12.1 Å². The highest BCUT2D eigenvalue weighted by Gasteiger charge is 2.60. The highest BCUT2D eigenvalue weighted by atomic mass is 16.5. The summed E-state index contributed by atoms with van der Waals surface area (Å²) in [6, 6.07) is 14.5. The van der Waals surface area contributed by atoms with Crippen molar-refractivity contribution in [3.63, 3.8) is 0 Å². The third-order valence-electron chi connectivity index (χ3n) is 12.5. The van der Waals surface area contributed by atoms with Gasteiger partial charge in [-0.2, -0.15) is 0 Å². The van der Waals surface area contributed by atoms with E-state index in [1.165, 1.54) is 50.3 Å². The molecule has 6 rings (SSSR count). The van der Waals surface area contributed by atoms with Gasteiger partial charge in [0.2, 0.25) is 5.91 Å². The number of amides is 1. The average molecular weight is 530 g/mol. The van der Waals surface area contributed by atoms with E-state index in [0.29, 0.717) is 35.6 Å². The van der Waals surface area contributed by atoms with Gasteiger partial charge in [0.15, 0.2) is 0 Å². The van der Waals surface area contributed by atoms with E-state index in [2.05, 4.69) is 50.4 Å². The Morgan fingerprint density at radius 1 is 0.974 bits per heavy atom. The third-order valence-corrected chi connectivity index (χ3v) is 12.5. The summed E-state index contributed by atoms with van der Waals surface area (Å²) >= 11 is 0. The zero-order chi connectivity index (χ0) is 27.2. The molecule has 0 unspecified atom stereocenters. The normalized spacial score (nSPS) is 38.2. The van der Waals surface area contributed by atoms with Crippen molar-refractivity contribution < 1.29 is 14.3 Å². The third kappa shape index (κ3) is 4.80. The van der Waals surface area contributed by atoms with Crippen LogP contribution in [0.3, 0.4) is 0 Å². The first-order valence-electron chi connectivity index (χ1n) is 15.7. The summed E-state index contributed by atoms with van der Waals surface area (Å²) in [6.07, 6.45) is 13.1. The fourth-order valence-electron chi connectivity index (χ4n) is 10.4. The first-order chi connectivity index (χ1) is 18.8. The second kappa shape index (κ2) is 10.6. The van der Waals surface area contributed by atoms with Crippen molar-refractivity contribution in [3.8, 4) is 0 Å². The predicted octanol–water partition coefficient (Wildman–Crippen LogP) is 8.40. The van der Waals surface area contributed by atoms with Crippen molar-refractivity contribution in [1.82, 2.24) is 0 Å². The van der Waals surface area contributed by atoms with Crippen LogP contribution in [0.25, 0.3) is 10.8 Å². The van der Waals surface area contributed by atoms with E-state index in [9.17, 15) is 9.59 Å². The molecule has 1 amide bonds. The van der Waals surface area contributed by atoms with Gasteiger partial charge in [-0.05, 0) is 133 Å². The van der Waals surface area contributed by atoms with Crippen LogP contribution in [0.15, 0.2) is 42.5 Å². The molecular weight excluding hydrogens is 482 g/mol. The van der Waals surface area contributed by atoms with Crippen molar-refractivity contribution in [3.05, 3.63) is 42.5 Å². The Labute approximate surface area is 234 Å². The maximum absolute atomic E-state index is 12.9. The molecule has 4 aliphatic carbocycles. The molecule has 2 aromatic carbocycles. The fraction of sp³-hybridized carbons (Fsp3) is 0.657. The van der Waals surface area contributed by atoms with Crippen LogP contribution in [0.2, 0.25) is 0 Å². The van der Waals surface area contributed by atoms with Crippen LogP contribution in [0, 0.1) is 46.3 Å². The van der Waals surface area contributed by atoms with Crippen LogP contribution < -0.4 is 5.32 Å². The van der Waals surface area contributed by atoms with Crippen molar-refractivity contribution in [2.45, 2.75) is 97.5 Å². The lowest BCUT2D eigenvalue weighted by Gasteiger charge is -2.61. The molecule has 4 nitrogen and oxygen atoms in total. The van der Waals surface area contributed by atoms with Gasteiger partial charge in [0.25, 0.3) is 6.47 Å². The molecule has 0 saturated heterocycles. The zero-order valence-corrected chi connectivity index (χ0v) is 24.2. The molecule has 1 N–H and O–H groups in total.